The molecule has 2 nitrogen and oxygen atoms in total. The largest absolute Gasteiger partial charge is 0.488 e. The fourth-order valence-electron chi connectivity index (χ4n) is 1.88. The molecular weight excluding hydrogens is 279 g/mol. The normalized spacial score (nSPS) is 10.4. The Morgan fingerprint density at radius 1 is 1.25 bits per heavy atom. The van der Waals surface area contributed by atoms with Crippen LogP contribution in [-0.2, 0) is 6.61 Å². The highest BCUT2D eigenvalue weighted by atomic mass is 35.5. The zero-order valence-corrected chi connectivity index (χ0v) is 12.0. The average Bonchev–Trinajstić information content (AvgIpc) is 2.38. The van der Waals surface area contributed by atoms with E-state index in [1.165, 1.54) is 19.1 Å². The number of benzene rings is 2. The van der Waals surface area contributed by atoms with Crippen LogP contribution in [0.5, 0.6) is 5.75 Å². The van der Waals surface area contributed by atoms with Gasteiger partial charge in [-0.05, 0) is 55.3 Å². The van der Waals surface area contributed by atoms with Crippen LogP contribution in [-0.4, -0.2) is 5.78 Å². The van der Waals surface area contributed by atoms with Crippen molar-refractivity contribution in [2.75, 3.05) is 0 Å². The van der Waals surface area contributed by atoms with Gasteiger partial charge in [0, 0.05) is 5.02 Å². The fraction of sp³-hybridized carbons (Fsp3) is 0.188. The summed E-state index contributed by atoms with van der Waals surface area (Å²) in [5.74, 6) is 0.0890. The van der Waals surface area contributed by atoms with E-state index in [1.54, 1.807) is 24.3 Å². The van der Waals surface area contributed by atoms with Gasteiger partial charge in [-0.1, -0.05) is 17.7 Å². The summed E-state index contributed by atoms with van der Waals surface area (Å²) in [6.07, 6.45) is 0. The zero-order valence-electron chi connectivity index (χ0n) is 11.2. The topological polar surface area (TPSA) is 26.3 Å². The Kier molecular flexibility index (Phi) is 4.40. The first-order valence-electron chi connectivity index (χ1n) is 6.15. The van der Waals surface area contributed by atoms with Gasteiger partial charge in [-0.3, -0.25) is 4.79 Å². The van der Waals surface area contributed by atoms with Gasteiger partial charge in [-0.15, -0.1) is 0 Å². The van der Waals surface area contributed by atoms with Crippen molar-refractivity contribution >= 4 is 17.4 Å². The number of hydrogen-bond acceptors (Lipinski definition) is 2. The predicted molar refractivity (Wildman–Crippen MR) is 76.9 cm³/mol. The minimum absolute atomic E-state index is 0.113. The highest BCUT2D eigenvalue weighted by Crippen LogP contribution is 2.24. The monoisotopic (exact) mass is 292 g/mol. The van der Waals surface area contributed by atoms with Gasteiger partial charge in [0.25, 0.3) is 0 Å². The number of ether oxygens (including phenoxy) is 1. The lowest BCUT2D eigenvalue weighted by atomic mass is 10.1. The molecule has 0 fully saturated rings. The molecule has 0 radical (unpaired) electrons. The van der Waals surface area contributed by atoms with E-state index in [0.29, 0.717) is 16.3 Å². The summed E-state index contributed by atoms with van der Waals surface area (Å²) in [6, 6.07) is 9.43. The highest BCUT2D eigenvalue weighted by Gasteiger charge is 2.10. The molecule has 104 valence electrons. The van der Waals surface area contributed by atoms with Crippen LogP contribution in [0.3, 0.4) is 0 Å². The van der Waals surface area contributed by atoms with E-state index in [9.17, 15) is 9.18 Å². The molecule has 0 amide bonds. The van der Waals surface area contributed by atoms with E-state index in [0.717, 1.165) is 11.1 Å². The lowest BCUT2D eigenvalue weighted by Crippen LogP contribution is -2.03. The Labute approximate surface area is 122 Å². The van der Waals surface area contributed by atoms with Crippen molar-refractivity contribution in [3.63, 3.8) is 0 Å². The van der Waals surface area contributed by atoms with Gasteiger partial charge >= 0.3 is 0 Å². The van der Waals surface area contributed by atoms with Crippen molar-refractivity contribution in [2.24, 2.45) is 0 Å². The van der Waals surface area contributed by atoms with E-state index >= 15 is 0 Å². The van der Waals surface area contributed by atoms with Gasteiger partial charge in [0.15, 0.2) is 5.78 Å². The van der Waals surface area contributed by atoms with Gasteiger partial charge in [-0.2, -0.15) is 0 Å². The molecule has 0 N–H and O–H groups in total. The number of Topliss-reactive ketones (excluding diaryl/α,β-unsaturated/α-hetero) is 1. The zero-order chi connectivity index (χ0) is 14.7. The number of rotatable bonds is 4. The number of hydrogen-bond donors (Lipinski definition) is 0. The molecule has 0 aromatic heterocycles. The number of halogens is 2. The third-order valence-corrected chi connectivity index (χ3v) is 3.24. The first-order chi connectivity index (χ1) is 9.47. The van der Waals surface area contributed by atoms with Crippen LogP contribution in [0.4, 0.5) is 4.39 Å². The summed E-state index contributed by atoms with van der Waals surface area (Å²) in [5, 5.41) is 0.487. The van der Waals surface area contributed by atoms with Crippen LogP contribution >= 0.6 is 11.6 Å². The van der Waals surface area contributed by atoms with Gasteiger partial charge in [0.05, 0.1) is 5.56 Å². The number of carbonyl (C=O) groups is 1. The van der Waals surface area contributed by atoms with Crippen LogP contribution in [0.25, 0.3) is 0 Å². The Hall–Kier alpha value is -1.87. The second-order valence-corrected chi connectivity index (χ2v) is 4.99. The van der Waals surface area contributed by atoms with Crippen molar-refractivity contribution in [1.82, 2.24) is 0 Å². The number of aryl methyl sites for hydroxylation is 1. The Morgan fingerprint density at radius 2 is 2.00 bits per heavy atom. The maximum absolute atomic E-state index is 13.0. The predicted octanol–water partition coefficient (Wildman–Crippen LogP) is 4.57. The summed E-state index contributed by atoms with van der Waals surface area (Å²) in [4.78, 5) is 11.6. The van der Waals surface area contributed by atoms with Gasteiger partial charge < -0.3 is 4.74 Å². The molecule has 20 heavy (non-hydrogen) atoms. The van der Waals surface area contributed by atoms with Crippen LogP contribution < -0.4 is 4.74 Å². The first-order valence-corrected chi connectivity index (χ1v) is 6.53. The Morgan fingerprint density at radius 3 is 2.65 bits per heavy atom. The van der Waals surface area contributed by atoms with Crippen LogP contribution in [0, 0.1) is 12.7 Å². The number of carbonyl (C=O) groups excluding carboxylic acids is 1. The average molecular weight is 293 g/mol. The Bertz CT molecular complexity index is 653. The highest BCUT2D eigenvalue weighted by molar-refractivity contribution is 6.31. The molecule has 0 heterocycles. The van der Waals surface area contributed by atoms with E-state index in [2.05, 4.69) is 0 Å². The minimum Gasteiger partial charge on any atom is -0.488 e. The van der Waals surface area contributed by atoms with E-state index in [4.69, 9.17) is 16.3 Å². The molecule has 0 aliphatic carbocycles. The summed E-state index contributed by atoms with van der Waals surface area (Å²) in [5.41, 5.74) is 2.12. The van der Waals surface area contributed by atoms with E-state index in [-0.39, 0.29) is 18.2 Å². The maximum Gasteiger partial charge on any atom is 0.163 e. The molecular formula is C16H14ClFO2. The van der Waals surface area contributed by atoms with Crippen molar-refractivity contribution in [1.29, 1.82) is 0 Å². The van der Waals surface area contributed by atoms with Gasteiger partial charge in [-0.25, -0.2) is 4.39 Å². The fourth-order valence-corrected chi connectivity index (χ4v) is 2.05. The van der Waals surface area contributed by atoms with Crippen molar-refractivity contribution < 1.29 is 13.9 Å². The SMILES string of the molecule is CC(=O)c1cc(Cl)ccc1OCc1ccc(F)cc1C. The summed E-state index contributed by atoms with van der Waals surface area (Å²) in [6.45, 7) is 3.55. The van der Waals surface area contributed by atoms with Crippen molar-refractivity contribution in [2.45, 2.75) is 20.5 Å². The molecule has 2 aromatic rings. The van der Waals surface area contributed by atoms with Crippen LogP contribution in [0.15, 0.2) is 36.4 Å². The van der Waals surface area contributed by atoms with Crippen LogP contribution in [0.1, 0.15) is 28.4 Å². The molecule has 0 saturated heterocycles. The molecule has 0 spiro atoms. The van der Waals surface area contributed by atoms with Crippen molar-refractivity contribution in [3.8, 4) is 5.75 Å². The van der Waals surface area contributed by atoms with Crippen molar-refractivity contribution in [3.05, 3.63) is 63.9 Å². The van der Waals surface area contributed by atoms with Gasteiger partial charge in [0.1, 0.15) is 18.2 Å². The molecule has 0 unspecified atom stereocenters. The number of ketones is 1. The molecule has 0 saturated carbocycles. The lowest BCUT2D eigenvalue weighted by Gasteiger charge is -2.11. The molecule has 0 atom stereocenters. The maximum atomic E-state index is 13.0. The van der Waals surface area contributed by atoms with Gasteiger partial charge in [0.2, 0.25) is 0 Å². The summed E-state index contributed by atoms with van der Waals surface area (Å²) in [7, 11) is 0. The third-order valence-electron chi connectivity index (χ3n) is 3.01. The minimum atomic E-state index is -0.276. The molecule has 0 bridgehead atoms. The smallest absolute Gasteiger partial charge is 0.163 e. The lowest BCUT2D eigenvalue weighted by molar-refractivity contribution is 0.101. The molecule has 4 heteroatoms. The quantitative estimate of drug-likeness (QED) is 0.772. The summed E-state index contributed by atoms with van der Waals surface area (Å²) < 4.78 is 18.7. The first kappa shape index (κ1) is 14.5. The molecule has 2 rings (SSSR count). The Balaban J connectivity index is 2.20. The van der Waals surface area contributed by atoms with E-state index in [1.807, 2.05) is 6.92 Å². The van der Waals surface area contributed by atoms with E-state index < -0.39 is 0 Å². The third kappa shape index (κ3) is 3.36. The standard InChI is InChI=1S/C16H14ClFO2/c1-10-7-14(18)5-3-12(10)9-20-16-6-4-13(17)8-15(16)11(2)19/h3-8H,9H2,1-2H3. The second-order valence-electron chi connectivity index (χ2n) is 4.56. The molecule has 2 aromatic carbocycles. The molecule has 0 aliphatic rings. The van der Waals surface area contributed by atoms with Crippen LogP contribution in [0.2, 0.25) is 5.02 Å². The second kappa shape index (κ2) is 6.06. The molecule has 0 aliphatic heterocycles. The summed E-state index contributed by atoms with van der Waals surface area (Å²) >= 11 is 5.87.